The molecule has 0 aliphatic carbocycles. The Morgan fingerprint density at radius 1 is 1.27 bits per heavy atom. The van der Waals surface area contributed by atoms with Crippen molar-refractivity contribution in [2.45, 2.75) is 6.92 Å². The molecule has 0 bridgehead atoms. The zero-order valence-electron chi connectivity index (χ0n) is 14.5. The lowest BCUT2D eigenvalue weighted by Crippen LogP contribution is -2.50. The lowest BCUT2D eigenvalue weighted by molar-refractivity contribution is -0.133. The highest BCUT2D eigenvalue weighted by Crippen LogP contribution is 2.22. The minimum atomic E-state index is -0.0438. The molecule has 0 spiro atoms. The SMILES string of the molecule is Cc1cc(Cl)ccc1OCC(=O)N1CCN(c2cc(C#N)ccn2)CC1. The molecule has 2 aromatic rings. The number of piperazine rings is 1. The zero-order chi connectivity index (χ0) is 18.5. The molecule has 0 unspecified atom stereocenters. The molecule has 0 radical (unpaired) electrons. The molecule has 2 heterocycles. The number of aromatic nitrogens is 1. The fourth-order valence-electron chi connectivity index (χ4n) is 2.85. The summed E-state index contributed by atoms with van der Waals surface area (Å²) < 4.78 is 5.64. The van der Waals surface area contributed by atoms with Crippen LogP contribution in [-0.2, 0) is 4.79 Å². The third kappa shape index (κ3) is 4.24. The molecule has 6 nitrogen and oxygen atoms in total. The number of ether oxygens (including phenoxy) is 1. The van der Waals surface area contributed by atoms with Crippen molar-refractivity contribution in [2.24, 2.45) is 0 Å². The molecular weight excluding hydrogens is 352 g/mol. The van der Waals surface area contributed by atoms with Gasteiger partial charge in [-0.05, 0) is 42.8 Å². The van der Waals surface area contributed by atoms with E-state index in [-0.39, 0.29) is 12.5 Å². The lowest BCUT2D eigenvalue weighted by Gasteiger charge is -2.35. The number of anilines is 1. The van der Waals surface area contributed by atoms with Gasteiger partial charge in [-0.15, -0.1) is 0 Å². The first kappa shape index (κ1) is 18.0. The summed E-state index contributed by atoms with van der Waals surface area (Å²) >= 11 is 5.93. The van der Waals surface area contributed by atoms with E-state index in [9.17, 15) is 4.79 Å². The van der Waals surface area contributed by atoms with Crippen molar-refractivity contribution < 1.29 is 9.53 Å². The molecule has 1 saturated heterocycles. The van der Waals surface area contributed by atoms with Gasteiger partial charge in [-0.1, -0.05) is 11.6 Å². The van der Waals surface area contributed by atoms with E-state index in [4.69, 9.17) is 21.6 Å². The van der Waals surface area contributed by atoms with Crippen molar-refractivity contribution in [3.05, 3.63) is 52.7 Å². The van der Waals surface area contributed by atoms with E-state index >= 15 is 0 Å². The molecular formula is C19H19ClN4O2. The largest absolute Gasteiger partial charge is 0.483 e. The number of halogens is 1. The number of hydrogen-bond donors (Lipinski definition) is 0. The van der Waals surface area contributed by atoms with Crippen LogP contribution in [0.4, 0.5) is 5.82 Å². The predicted molar refractivity (Wildman–Crippen MR) is 99.4 cm³/mol. The van der Waals surface area contributed by atoms with E-state index in [1.54, 1.807) is 35.4 Å². The fraction of sp³-hybridized carbons (Fsp3) is 0.316. The molecule has 0 N–H and O–H groups in total. The molecule has 1 amide bonds. The highest BCUT2D eigenvalue weighted by molar-refractivity contribution is 6.30. The van der Waals surface area contributed by atoms with Crippen LogP contribution in [0, 0.1) is 18.3 Å². The lowest BCUT2D eigenvalue weighted by atomic mass is 10.2. The van der Waals surface area contributed by atoms with Crippen LogP contribution in [0.5, 0.6) is 5.75 Å². The molecule has 0 atom stereocenters. The number of amides is 1. The Morgan fingerprint density at radius 3 is 2.73 bits per heavy atom. The van der Waals surface area contributed by atoms with Crippen molar-refractivity contribution in [3.63, 3.8) is 0 Å². The van der Waals surface area contributed by atoms with Crippen LogP contribution in [-0.4, -0.2) is 48.6 Å². The molecule has 1 aromatic heterocycles. The Bertz CT molecular complexity index is 842. The Balaban J connectivity index is 1.52. The molecule has 1 aliphatic heterocycles. The molecule has 7 heteroatoms. The van der Waals surface area contributed by atoms with Gasteiger partial charge in [0, 0.05) is 37.4 Å². The molecule has 3 rings (SSSR count). The van der Waals surface area contributed by atoms with Crippen molar-refractivity contribution in [1.82, 2.24) is 9.88 Å². The maximum absolute atomic E-state index is 12.4. The van der Waals surface area contributed by atoms with Crippen molar-refractivity contribution >= 4 is 23.3 Å². The van der Waals surface area contributed by atoms with Crippen LogP contribution in [0.3, 0.4) is 0 Å². The number of hydrogen-bond acceptors (Lipinski definition) is 5. The number of nitrogens with zero attached hydrogens (tertiary/aromatic N) is 4. The monoisotopic (exact) mass is 370 g/mol. The maximum Gasteiger partial charge on any atom is 0.260 e. The van der Waals surface area contributed by atoms with Crippen LogP contribution in [0.15, 0.2) is 36.5 Å². The minimum absolute atomic E-state index is 0.00460. The first-order chi connectivity index (χ1) is 12.6. The van der Waals surface area contributed by atoms with Gasteiger partial charge in [0.1, 0.15) is 11.6 Å². The molecule has 134 valence electrons. The Hall–Kier alpha value is -2.78. The third-order valence-electron chi connectivity index (χ3n) is 4.32. The standard InChI is InChI=1S/C19H19ClN4O2/c1-14-10-16(20)2-3-17(14)26-13-19(25)24-8-6-23(7-9-24)18-11-15(12-21)4-5-22-18/h2-5,10-11H,6-9,13H2,1H3. The topological polar surface area (TPSA) is 69.5 Å². The Morgan fingerprint density at radius 2 is 2.04 bits per heavy atom. The van der Waals surface area contributed by atoms with Gasteiger partial charge in [0.25, 0.3) is 5.91 Å². The normalized spacial score (nSPS) is 14.0. The van der Waals surface area contributed by atoms with Gasteiger partial charge in [0.05, 0.1) is 11.6 Å². The highest BCUT2D eigenvalue weighted by atomic mass is 35.5. The number of pyridine rings is 1. The summed E-state index contributed by atoms with van der Waals surface area (Å²) in [6, 6.07) is 10.9. The smallest absolute Gasteiger partial charge is 0.260 e. The number of rotatable bonds is 4. The molecule has 26 heavy (non-hydrogen) atoms. The molecule has 1 fully saturated rings. The van der Waals surface area contributed by atoms with Crippen LogP contribution in [0.1, 0.15) is 11.1 Å². The first-order valence-corrected chi connectivity index (χ1v) is 8.72. The predicted octanol–water partition coefficient (Wildman–Crippen LogP) is 2.64. The summed E-state index contributed by atoms with van der Waals surface area (Å²) in [5.74, 6) is 1.39. The molecule has 1 aromatic carbocycles. The quantitative estimate of drug-likeness (QED) is 0.827. The first-order valence-electron chi connectivity index (χ1n) is 8.34. The number of carbonyl (C=O) groups is 1. The second-order valence-electron chi connectivity index (χ2n) is 6.08. The molecule has 0 saturated carbocycles. The summed E-state index contributed by atoms with van der Waals surface area (Å²) in [5.41, 5.74) is 1.49. The van der Waals surface area contributed by atoms with Gasteiger partial charge in [0.2, 0.25) is 0 Å². The number of benzene rings is 1. The van der Waals surface area contributed by atoms with E-state index in [0.717, 1.165) is 11.4 Å². The number of carbonyl (C=O) groups excluding carboxylic acids is 1. The Kier molecular flexibility index (Phi) is 5.59. The summed E-state index contributed by atoms with van der Waals surface area (Å²) in [7, 11) is 0. The van der Waals surface area contributed by atoms with Crippen LogP contribution in [0.25, 0.3) is 0 Å². The van der Waals surface area contributed by atoms with E-state index in [1.807, 2.05) is 13.0 Å². The Labute approximate surface area is 157 Å². The summed E-state index contributed by atoms with van der Waals surface area (Å²) in [4.78, 5) is 20.6. The van der Waals surface area contributed by atoms with Gasteiger partial charge >= 0.3 is 0 Å². The highest BCUT2D eigenvalue weighted by Gasteiger charge is 2.22. The van der Waals surface area contributed by atoms with Gasteiger partial charge in [0.15, 0.2) is 6.61 Å². The van der Waals surface area contributed by atoms with Gasteiger partial charge < -0.3 is 14.5 Å². The summed E-state index contributed by atoms with van der Waals surface area (Å²) in [6.45, 7) is 4.44. The van der Waals surface area contributed by atoms with E-state index in [1.165, 1.54) is 0 Å². The number of aryl methyl sites for hydroxylation is 1. The van der Waals surface area contributed by atoms with Gasteiger partial charge in [-0.2, -0.15) is 5.26 Å². The average Bonchev–Trinajstić information content (AvgIpc) is 2.67. The maximum atomic E-state index is 12.4. The zero-order valence-corrected chi connectivity index (χ0v) is 15.2. The second kappa shape index (κ2) is 8.07. The average molecular weight is 371 g/mol. The van der Waals surface area contributed by atoms with Crippen LogP contribution < -0.4 is 9.64 Å². The van der Waals surface area contributed by atoms with Crippen LogP contribution >= 0.6 is 11.6 Å². The van der Waals surface area contributed by atoms with E-state index in [0.29, 0.717) is 42.5 Å². The fourth-order valence-corrected chi connectivity index (χ4v) is 3.08. The molecule has 1 aliphatic rings. The van der Waals surface area contributed by atoms with Crippen molar-refractivity contribution in [1.29, 1.82) is 5.26 Å². The summed E-state index contributed by atoms with van der Waals surface area (Å²) in [6.07, 6.45) is 1.63. The minimum Gasteiger partial charge on any atom is -0.483 e. The van der Waals surface area contributed by atoms with Gasteiger partial charge in [-0.25, -0.2) is 4.98 Å². The summed E-state index contributed by atoms with van der Waals surface area (Å²) in [5, 5.41) is 9.64. The van der Waals surface area contributed by atoms with E-state index < -0.39 is 0 Å². The number of nitriles is 1. The van der Waals surface area contributed by atoms with Crippen LogP contribution in [0.2, 0.25) is 5.02 Å². The van der Waals surface area contributed by atoms with Crippen molar-refractivity contribution in [2.75, 3.05) is 37.7 Å². The second-order valence-corrected chi connectivity index (χ2v) is 6.52. The van der Waals surface area contributed by atoms with E-state index in [2.05, 4.69) is 16.0 Å². The van der Waals surface area contributed by atoms with Crippen molar-refractivity contribution in [3.8, 4) is 11.8 Å². The third-order valence-corrected chi connectivity index (χ3v) is 4.55. The van der Waals surface area contributed by atoms with Gasteiger partial charge in [-0.3, -0.25) is 4.79 Å².